The van der Waals surface area contributed by atoms with Crippen LogP contribution in [-0.2, 0) is 0 Å². The van der Waals surface area contributed by atoms with Gasteiger partial charge in [0.25, 0.3) is 0 Å². The third-order valence-electron chi connectivity index (χ3n) is 2.73. The quantitative estimate of drug-likeness (QED) is 0.837. The number of nitrogen functional groups attached to an aromatic ring is 1. The molecule has 3 nitrogen and oxygen atoms in total. The number of aryl methyl sites for hydroxylation is 1. The zero-order chi connectivity index (χ0) is 13.3. The van der Waals surface area contributed by atoms with Crippen molar-refractivity contribution < 1.29 is 0 Å². The zero-order valence-corrected chi connectivity index (χ0v) is 12.9. The Bertz CT molecular complexity index is 579. The number of anilines is 1. The number of halogens is 1. The first kappa shape index (κ1) is 13.3. The summed E-state index contributed by atoms with van der Waals surface area (Å²) >= 11 is 2.21. The van der Waals surface area contributed by atoms with Crippen molar-refractivity contribution in [2.75, 3.05) is 5.73 Å². The molecule has 2 N–H and O–H groups in total. The van der Waals surface area contributed by atoms with E-state index in [4.69, 9.17) is 5.73 Å². The summed E-state index contributed by atoms with van der Waals surface area (Å²) in [7, 11) is 0. The molecule has 0 aliphatic rings. The highest BCUT2D eigenvalue weighted by Gasteiger charge is 2.13. The summed E-state index contributed by atoms with van der Waals surface area (Å²) < 4.78 is 0.957. The van der Waals surface area contributed by atoms with Crippen LogP contribution in [0.25, 0.3) is 11.4 Å². The number of nitrogens with zero attached hydrogens (tertiary/aromatic N) is 2. The number of hydrogen-bond acceptors (Lipinski definition) is 3. The van der Waals surface area contributed by atoms with E-state index < -0.39 is 0 Å². The van der Waals surface area contributed by atoms with Gasteiger partial charge >= 0.3 is 0 Å². The van der Waals surface area contributed by atoms with E-state index >= 15 is 0 Å². The maximum atomic E-state index is 5.98. The maximum absolute atomic E-state index is 5.98. The molecule has 1 heterocycles. The minimum absolute atomic E-state index is 0.339. The van der Waals surface area contributed by atoms with Gasteiger partial charge in [-0.05, 0) is 41.5 Å². The third kappa shape index (κ3) is 2.63. The predicted molar refractivity (Wildman–Crippen MR) is 83.4 cm³/mol. The SMILES string of the molecule is Cc1cccc(-c2nc(N)c(I)c(C(C)C)n2)c1. The van der Waals surface area contributed by atoms with Crippen LogP contribution >= 0.6 is 22.6 Å². The maximum Gasteiger partial charge on any atom is 0.161 e. The molecule has 2 aromatic rings. The van der Waals surface area contributed by atoms with Crippen LogP contribution in [0.4, 0.5) is 5.82 Å². The number of hydrogen-bond donors (Lipinski definition) is 1. The largest absolute Gasteiger partial charge is 0.383 e. The lowest BCUT2D eigenvalue weighted by Crippen LogP contribution is -2.06. The highest BCUT2D eigenvalue weighted by atomic mass is 127. The molecule has 0 radical (unpaired) electrons. The minimum atomic E-state index is 0.339. The molecule has 0 aliphatic carbocycles. The molecule has 0 saturated heterocycles. The van der Waals surface area contributed by atoms with Gasteiger partial charge in [0.1, 0.15) is 5.82 Å². The van der Waals surface area contributed by atoms with Crippen LogP contribution in [0.15, 0.2) is 24.3 Å². The van der Waals surface area contributed by atoms with E-state index in [1.165, 1.54) is 5.56 Å². The van der Waals surface area contributed by atoms with E-state index in [-0.39, 0.29) is 0 Å². The lowest BCUT2D eigenvalue weighted by atomic mass is 10.1. The summed E-state index contributed by atoms with van der Waals surface area (Å²) in [6.45, 7) is 6.29. The summed E-state index contributed by atoms with van der Waals surface area (Å²) in [5.41, 5.74) is 9.20. The average molecular weight is 353 g/mol. The normalized spacial score (nSPS) is 10.9. The first-order chi connectivity index (χ1) is 8.49. The zero-order valence-electron chi connectivity index (χ0n) is 10.7. The molecule has 1 aromatic carbocycles. The van der Waals surface area contributed by atoms with Crippen molar-refractivity contribution in [3.8, 4) is 11.4 Å². The molecule has 0 amide bonds. The van der Waals surface area contributed by atoms with Gasteiger partial charge in [-0.25, -0.2) is 9.97 Å². The molecule has 94 valence electrons. The van der Waals surface area contributed by atoms with Crippen molar-refractivity contribution in [1.29, 1.82) is 0 Å². The number of rotatable bonds is 2. The minimum Gasteiger partial charge on any atom is -0.383 e. The van der Waals surface area contributed by atoms with Gasteiger partial charge in [0.15, 0.2) is 5.82 Å². The molecule has 0 aliphatic heterocycles. The van der Waals surface area contributed by atoms with Crippen molar-refractivity contribution in [3.63, 3.8) is 0 Å². The lowest BCUT2D eigenvalue weighted by molar-refractivity contribution is 0.810. The van der Waals surface area contributed by atoms with Crippen LogP contribution in [0, 0.1) is 10.5 Å². The average Bonchev–Trinajstić information content (AvgIpc) is 2.32. The van der Waals surface area contributed by atoms with E-state index in [0.29, 0.717) is 17.6 Å². The van der Waals surface area contributed by atoms with Crippen LogP contribution in [0.2, 0.25) is 0 Å². The van der Waals surface area contributed by atoms with Crippen LogP contribution < -0.4 is 5.73 Å². The Morgan fingerprint density at radius 1 is 1.22 bits per heavy atom. The molecule has 0 atom stereocenters. The Hall–Kier alpha value is -1.17. The van der Waals surface area contributed by atoms with Crippen LogP contribution in [0.1, 0.15) is 31.0 Å². The molecule has 1 aromatic heterocycles. The number of benzene rings is 1. The fourth-order valence-corrected chi connectivity index (χ4v) is 2.64. The smallest absolute Gasteiger partial charge is 0.161 e. The molecule has 18 heavy (non-hydrogen) atoms. The highest BCUT2D eigenvalue weighted by Crippen LogP contribution is 2.26. The first-order valence-electron chi connectivity index (χ1n) is 5.89. The second kappa shape index (κ2) is 5.22. The molecular weight excluding hydrogens is 337 g/mol. The Kier molecular flexibility index (Phi) is 3.85. The Morgan fingerprint density at radius 3 is 2.56 bits per heavy atom. The standard InChI is InChI=1S/C14H16IN3/c1-8(2)12-11(15)13(16)18-14(17-12)10-6-4-5-9(3)7-10/h4-8H,1-3H3,(H2,16,17,18). The summed E-state index contributed by atoms with van der Waals surface area (Å²) in [5.74, 6) is 1.61. The number of aromatic nitrogens is 2. The van der Waals surface area contributed by atoms with Crippen LogP contribution in [-0.4, -0.2) is 9.97 Å². The van der Waals surface area contributed by atoms with Crippen molar-refractivity contribution in [2.45, 2.75) is 26.7 Å². The molecule has 0 bridgehead atoms. The molecule has 0 spiro atoms. The third-order valence-corrected chi connectivity index (χ3v) is 3.83. The van der Waals surface area contributed by atoms with E-state index in [1.54, 1.807) is 0 Å². The highest BCUT2D eigenvalue weighted by molar-refractivity contribution is 14.1. The van der Waals surface area contributed by atoms with Gasteiger partial charge in [0.2, 0.25) is 0 Å². The van der Waals surface area contributed by atoms with Crippen molar-refractivity contribution in [2.24, 2.45) is 0 Å². The Balaban J connectivity index is 2.59. The first-order valence-corrected chi connectivity index (χ1v) is 6.97. The van der Waals surface area contributed by atoms with Crippen molar-refractivity contribution in [3.05, 3.63) is 39.1 Å². The molecule has 2 rings (SSSR count). The van der Waals surface area contributed by atoms with Crippen LogP contribution in [0.3, 0.4) is 0 Å². The topological polar surface area (TPSA) is 51.8 Å². The summed E-state index contributed by atoms with van der Waals surface area (Å²) in [6, 6.07) is 8.16. The molecule has 0 unspecified atom stereocenters. The number of nitrogens with two attached hydrogens (primary N) is 1. The van der Waals surface area contributed by atoms with Gasteiger partial charge in [0, 0.05) is 5.56 Å². The molecule has 0 fully saturated rings. The summed E-state index contributed by atoms with van der Waals surface area (Å²) in [6.07, 6.45) is 0. The van der Waals surface area contributed by atoms with E-state index in [0.717, 1.165) is 14.8 Å². The monoisotopic (exact) mass is 353 g/mol. The fourth-order valence-electron chi connectivity index (χ4n) is 1.78. The predicted octanol–water partition coefficient (Wildman–Crippen LogP) is 3.76. The summed E-state index contributed by atoms with van der Waals surface area (Å²) in [4.78, 5) is 9.03. The van der Waals surface area contributed by atoms with Crippen molar-refractivity contribution in [1.82, 2.24) is 9.97 Å². The van der Waals surface area contributed by atoms with E-state index in [1.807, 2.05) is 12.1 Å². The second-order valence-corrected chi connectivity index (χ2v) is 5.73. The Labute approximate surface area is 121 Å². The molecule has 0 saturated carbocycles. The second-order valence-electron chi connectivity index (χ2n) is 4.66. The van der Waals surface area contributed by atoms with Gasteiger partial charge in [0.05, 0.1) is 9.26 Å². The van der Waals surface area contributed by atoms with E-state index in [9.17, 15) is 0 Å². The molecule has 4 heteroatoms. The van der Waals surface area contributed by atoms with Gasteiger partial charge in [-0.2, -0.15) is 0 Å². The van der Waals surface area contributed by atoms with Gasteiger partial charge in [-0.1, -0.05) is 37.6 Å². The van der Waals surface area contributed by atoms with Crippen molar-refractivity contribution >= 4 is 28.4 Å². The summed E-state index contributed by atoms with van der Waals surface area (Å²) in [5, 5.41) is 0. The molecular formula is C14H16IN3. The Morgan fingerprint density at radius 2 is 1.94 bits per heavy atom. The van der Waals surface area contributed by atoms with Gasteiger partial charge < -0.3 is 5.73 Å². The van der Waals surface area contributed by atoms with Gasteiger partial charge in [-0.3, -0.25) is 0 Å². The van der Waals surface area contributed by atoms with E-state index in [2.05, 4.69) is 65.5 Å². The van der Waals surface area contributed by atoms with Crippen LogP contribution in [0.5, 0.6) is 0 Å². The fraction of sp³-hybridized carbons (Fsp3) is 0.286. The van der Waals surface area contributed by atoms with Gasteiger partial charge in [-0.15, -0.1) is 0 Å². The lowest BCUT2D eigenvalue weighted by Gasteiger charge is -2.11.